The molecule has 84 valence electrons. The van der Waals surface area contributed by atoms with Crippen molar-refractivity contribution in [1.29, 1.82) is 0 Å². The minimum absolute atomic E-state index is 0.171. The molecule has 0 N–H and O–H groups in total. The Hall–Kier alpha value is -1.15. The summed E-state index contributed by atoms with van der Waals surface area (Å²) in [5.74, 6) is 0.632. The van der Waals surface area contributed by atoms with Gasteiger partial charge in [-0.05, 0) is 31.6 Å². The van der Waals surface area contributed by atoms with Crippen molar-refractivity contribution >= 4 is 5.78 Å². The van der Waals surface area contributed by atoms with Crippen LogP contribution in [0.3, 0.4) is 0 Å². The average Bonchev–Trinajstić information content (AvgIpc) is 2.40. The topological polar surface area (TPSA) is 26.3 Å². The van der Waals surface area contributed by atoms with E-state index in [-0.39, 0.29) is 11.9 Å². The Balaban J connectivity index is 1.81. The number of Topliss-reactive ketones (excluding diaryl/α,β-unsaturated/α-hetero) is 1. The van der Waals surface area contributed by atoms with Gasteiger partial charge < -0.3 is 4.74 Å². The van der Waals surface area contributed by atoms with Gasteiger partial charge in [0.05, 0.1) is 6.10 Å². The maximum Gasteiger partial charge on any atom is 0.191 e. The molecule has 2 bridgehead atoms. The summed E-state index contributed by atoms with van der Waals surface area (Å²) in [4.78, 5) is 12.3. The van der Waals surface area contributed by atoms with Crippen molar-refractivity contribution in [2.75, 3.05) is 0 Å². The van der Waals surface area contributed by atoms with Gasteiger partial charge in [-0.15, -0.1) is 0 Å². The van der Waals surface area contributed by atoms with Crippen LogP contribution in [0.25, 0.3) is 0 Å². The smallest absolute Gasteiger partial charge is 0.191 e. The predicted octanol–water partition coefficient (Wildman–Crippen LogP) is 2.83. The molecular formula is C14H16O2. The van der Waals surface area contributed by atoms with Crippen molar-refractivity contribution in [2.24, 2.45) is 5.92 Å². The van der Waals surface area contributed by atoms with Crippen molar-refractivity contribution in [3.05, 3.63) is 35.9 Å². The fourth-order valence-corrected chi connectivity index (χ4v) is 2.89. The van der Waals surface area contributed by atoms with Gasteiger partial charge in [-0.3, -0.25) is 4.79 Å². The second kappa shape index (κ2) is 4.02. The first-order valence-corrected chi connectivity index (χ1v) is 6.09. The number of hydrogen-bond donors (Lipinski definition) is 0. The molecule has 2 aliphatic heterocycles. The van der Waals surface area contributed by atoms with E-state index in [0.29, 0.717) is 12.0 Å². The van der Waals surface area contributed by atoms with E-state index in [1.54, 1.807) is 0 Å². The Morgan fingerprint density at radius 3 is 2.31 bits per heavy atom. The van der Waals surface area contributed by atoms with E-state index in [2.05, 4.69) is 0 Å². The van der Waals surface area contributed by atoms with Crippen molar-refractivity contribution in [3.8, 4) is 0 Å². The van der Waals surface area contributed by atoms with Gasteiger partial charge in [0.2, 0.25) is 0 Å². The van der Waals surface area contributed by atoms with Crippen LogP contribution in [0.1, 0.15) is 36.0 Å². The molecule has 4 rings (SSSR count). The number of hydrogen-bond acceptors (Lipinski definition) is 2. The van der Waals surface area contributed by atoms with Gasteiger partial charge in [0.25, 0.3) is 0 Å². The largest absolute Gasteiger partial charge is 0.367 e. The van der Waals surface area contributed by atoms with Crippen LogP contribution in [0.2, 0.25) is 0 Å². The van der Waals surface area contributed by atoms with E-state index >= 15 is 0 Å². The fraction of sp³-hybridized carbons (Fsp3) is 0.500. The second-order valence-corrected chi connectivity index (χ2v) is 4.82. The Morgan fingerprint density at radius 1 is 1.06 bits per heavy atom. The maximum atomic E-state index is 12.3. The molecule has 0 unspecified atom stereocenters. The number of rotatable bonds is 2. The molecule has 1 aromatic rings. The van der Waals surface area contributed by atoms with Gasteiger partial charge >= 0.3 is 0 Å². The highest BCUT2D eigenvalue weighted by atomic mass is 16.5. The van der Waals surface area contributed by atoms with E-state index in [1.165, 1.54) is 0 Å². The summed E-state index contributed by atoms with van der Waals surface area (Å²) in [5.41, 5.74) is 0.792. The van der Waals surface area contributed by atoms with Crippen LogP contribution in [0.15, 0.2) is 30.3 Å². The molecule has 2 nitrogen and oxygen atoms in total. The van der Waals surface area contributed by atoms with Crippen molar-refractivity contribution in [2.45, 2.75) is 37.9 Å². The van der Waals surface area contributed by atoms with Crippen LogP contribution in [0, 0.1) is 5.92 Å². The number of fused-ring (bicyclic) bond motifs is 3. The molecule has 3 aliphatic rings. The van der Waals surface area contributed by atoms with Crippen LogP contribution in [-0.2, 0) is 4.74 Å². The molecule has 1 aliphatic carbocycles. The molecule has 1 saturated carbocycles. The lowest BCUT2D eigenvalue weighted by Gasteiger charge is -2.41. The Morgan fingerprint density at radius 2 is 1.75 bits per heavy atom. The fourth-order valence-electron chi connectivity index (χ4n) is 2.89. The molecule has 2 saturated heterocycles. The summed E-state index contributed by atoms with van der Waals surface area (Å²) >= 11 is 0. The number of ketones is 1. The van der Waals surface area contributed by atoms with E-state index in [0.717, 1.165) is 31.2 Å². The van der Waals surface area contributed by atoms with E-state index in [1.807, 2.05) is 30.3 Å². The summed E-state index contributed by atoms with van der Waals surface area (Å²) in [7, 11) is 0. The summed E-state index contributed by atoms with van der Waals surface area (Å²) in [6.45, 7) is 0. The Labute approximate surface area is 95.6 Å². The normalized spacial score (nSPS) is 32.6. The molecule has 1 atom stereocenters. The minimum Gasteiger partial charge on any atom is -0.367 e. The van der Waals surface area contributed by atoms with Crippen LogP contribution < -0.4 is 0 Å². The molecule has 2 heteroatoms. The molecule has 0 aromatic heterocycles. The van der Waals surface area contributed by atoms with Crippen molar-refractivity contribution in [3.63, 3.8) is 0 Å². The zero-order valence-corrected chi connectivity index (χ0v) is 9.26. The van der Waals surface area contributed by atoms with E-state index in [9.17, 15) is 4.79 Å². The zero-order chi connectivity index (χ0) is 11.0. The quantitative estimate of drug-likeness (QED) is 0.710. The van der Waals surface area contributed by atoms with E-state index < -0.39 is 0 Å². The Bertz CT molecular complexity index is 377. The van der Waals surface area contributed by atoms with Gasteiger partial charge in [-0.25, -0.2) is 0 Å². The van der Waals surface area contributed by atoms with Gasteiger partial charge in [0.15, 0.2) is 5.78 Å². The molecule has 16 heavy (non-hydrogen) atoms. The Kier molecular flexibility index (Phi) is 2.52. The second-order valence-electron chi connectivity index (χ2n) is 4.82. The monoisotopic (exact) mass is 216 g/mol. The van der Waals surface area contributed by atoms with Crippen LogP contribution in [-0.4, -0.2) is 18.0 Å². The van der Waals surface area contributed by atoms with Crippen LogP contribution >= 0.6 is 0 Å². The lowest BCUT2D eigenvalue weighted by molar-refractivity contribution is -0.104. The highest BCUT2D eigenvalue weighted by Gasteiger charge is 2.40. The lowest BCUT2D eigenvalue weighted by atomic mass is 9.78. The van der Waals surface area contributed by atoms with Gasteiger partial charge in [-0.1, -0.05) is 30.3 Å². The first-order chi connectivity index (χ1) is 7.84. The highest BCUT2D eigenvalue weighted by Crippen LogP contribution is 2.38. The summed E-state index contributed by atoms with van der Waals surface area (Å²) in [5, 5.41) is 0. The highest BCUT2D eigenvalue weighted by molar-refractivity contribution is 5.99. The summed E-state index contributed by atoms with van der Waals surface area (Å²) in [6, 6.07) is 9.52. The minimum atomic E-state index is -0.171. The molecule has 0 amide bonds. The van der Waals surface area contributed by atoms with Crippen molar-refractivity contribution < 1.29 is 9.53 Å². The first-order valence-electron chi connectivity index (χ1n) is 6.09. The third-order valence-corrected chi connectivity index (χ3v) is 3.80. The first kappa shape index (κ1) is 10.0. The average molecular weight is 216 g/mol. The maximum absolute atomic E-state index is 12.3. The number of carbonyl (C=O) groups is 1. The number of ether oxygens (including phenoxy) is 1. The SMILES string of the molecule is O=C(c1ccccc1)[C@H]1OC2CCC1CC2. The van der Waals surface area contributed by atoms with Gasteiger partial charge in [0.1, 0.15) is 6.10 Å². The van der Waals surface area contributed by atoms with Crippen LogP contribution in [0.5, 0.6) is 0 Å². The zero-order valence-electron chi connectivity index (χ0n) is 9.26. The summed E-state index contributed by atoms with van der Waals surface area (Å²) < 4.78 is 5.85. The van der Waals surface area contributed by atoms with Gasteiger partial charge in [0, 0.05) is 5.56 Å². The third-order valence-electron chi connectivity index (χ3n) is 3.80. The number of carbonyl (C=O) groups excluding carboxylic acids is 1. The molecule has 3 fully saturated rings. The summed E-state index contributed by atoms with van der Waals surface area (Å²) in [6.07, 6.45) is 4.77. The standard InChI is InChI=1S/C14H16O2/c15-13(10-4-2-1-3-5-10)14-11-6-8-12(16-14)9-7-11/h1-5,11-12,14H,6-9H2/t11?,12?,14-/m0/s1. The number of benzene rings is 1. The van der Waals surface area contributed by atoms with E-state index in [4.69, 9.17) is 4.74 Å². The third kappa shape index (κ3) is 1.67. The predicted molar refractivity (Wildman–Crippen MR) is 61.4 cm³/mol. The van der Waals surface area contributed by atoms with Gasteiger partial charge in [-0.2, -0.15) is 0 Å². The molecule has 1 aromatic carbocycles. The molecule has 0 radical (unpaired) electrons. The molecule has 2 heterocycles. The van der Waals surface area contributed by atoms with Crippen molar-refractivity contribution in [1.82, 2.24) is 0 Å². The van der Waals surface area contributed by atoms with Crippen LogP contribution in [0.4, 0.5) is 0 Å². The lowest BCUT2D eigenvalue weighted by Crippen LogP contribution is -2.45. The molecular weight excluding hydrogens is 200 g/mol. The molecule has 0 spiro atoms.